The molecule has 0 bridgehead atoms. The van der Waals surface area contributed by atoms with Gasteiger partial charge in [0, 0.05) is 19.4 Å². The van der Waals surface area contributed by atoms with Gasteiger partial charge in [-0.2, -0.15) is 0 Å². The molecule has 0 saturated carbocycles. The predicted molar refractivity (Wildman–Crippen MR) is 133 cm³/mol. The van der Waals surface area contributed by atoms with Crippen molar-refractivity contribution in [2.75, 3.05) is 6.54 Å². The van der Waals surface area contributed by atoms with E-state index < -0.39 is 59.7 Å². The Morgan fingerprint density at radius 2 is 1.16 bits per heavy atom. The first-order chi connectivity index (χ1) is 17.1. The van der Waals surface area contributed by atoms with Gasteiger partial charge in [-0.05, 0) is 31.6 Å². The zero-order valence-electron chi connectivity index (χ0n) is 21.1. The lowest BCUT2D eigenvalue weighted by Gasteiger charge is -2.25. The minimum Gasteiger partial charge on any atom is -0.480 e. The highest BCUT2D eigenvalue weighted by Gasteiger charge is 2.31. The van der Waals surface area contributed by atoms with Crippen LogP contribution in [0.5, 0.6) is 0 Å². The highest BCUT2D eigenvalue weighted by Crippen LogP contribution is 2.06. The fraction of sp³-hybridized carbons (Fsp3) is 0.667. The number of carboxylic acids is 1. The number of guanidine groups is 1. The van der Waals surface area contributed by atoms with Crippen LogP contribution in [0, 0.1) is 5.92 Å². The minimum absolute atomic E-state index is 0.0290. The number of carbonyl (C=O) groups is 6. The molecule has 0 aliphatic carbocycles. The fourth-order valence-electron chi connectivity index (χ4n) is 2.99. The molecule has 0 radical (unpaired) electrons. The zero-order valence-corrected chi connectivity index (χ0v) is 21.1. The lowest BCUT2D eigenvalue weighted by Crippen LogP contribution is -2.57. The summed E-state index contributed by atoms with van der Waals surface area (Å²) in [6.07, 6.45) is -0.815. The maximum absolute atomic E-state index is 13.0. The molecule has 0 heterocycles. The van der Waals surface area contributed by atoms with E-state index in [-0.39, 0.29) is 56.9 Å². The molecule has 0 spiro atoms. The van der Waals surface area contributed by atoms with Gasteiger partial charge < -0.3 is 49.7 Å². The number of rotatable bonds is 18. The number of nitrogens with one attached hydrogen (secondary N) is 3. The Balaban J connectivity index is 5.61. The van der Waals surface area contributed by atoms with Crippen molar-refractivity contribution in [1.29, 1.82) is 0 Å². The van der Waals surface area contributed by atoms with Crippen LogP contribution in [0.15, 0.2) is 4.99 Å². The number of amides is 5. The highest BCUT2D eigenvalue weighted by molar-refractivity contribution is 5.94. The first kappa shape index (κ1) is 33.0. The first-order valence-corrected chi connectivity index (χ1v) is 11.7. The Labute approximate surface area is 214 Å². The molecule has 0 aliphatic rings. The molecule has 0 rings (SSSR count). The Kier molecular flexibility index (Phi) is 14.9. The summed E-state index contributed by atoms with van der Waals surface area (Å²) in [6.45, 7) is 3.52. The van der Waals surface area contributed by atoms with E-state index in [4.69, 9.17) is 28.7 Å². The van der Waals surface area contributed by atoms with Crippen molar-refractivity contribution >= 4 is 41.5 Å². The van der Waals surface area contributed by atoms with Crippen molar-refractivity contribution in [3.63, 3.8) is 0 Å². The van der Waals surface area contributed by atoms with E-state index >= 15 is 0 Å². The Hall–Kier alpha value is -3.95. The van der Waals surface area contributed by atoms with Crippen LogP contribution in [0.25, 0.3) is 0 Å². The molecule has 16 nitrogen and oxygen atoms in total. The van der Waals surface area contributed by atoms with Crippen LogP contribution >= 0.6 is 0 Å². The molecule has 16 heteroatoms. The molecule has 210 valence electrons. The molecule has 37 heavy (non-hydrogen) atoms. The quantitative estimate of drug-likeness (QED) is 0.0472. The van der Waals surface area contributed by atoms with E-state index in [1.54, 1.807) is 13.8 Å². The van der Waals surface area contributed by atoms with Crippen molar-refractivity contribution < 1.29 is 33.9 Å². The van der Waals surface area contributed by atoms with Crippen molar-refractivity contribution in [3.8, 4) is 0 Å². The molecule has 4 unspecified atom stereocenters. The molecular formula is C21H39N9O7. The van der Waals surface area contributed by atoms with Crippen LogP contribution < -0.4 is 44.6 Å². The number of carboxylic acid groups (broad SMARTS) is 1. The number of carbonyl (C=O) groups excluding carboxylic acids is 5. The van der Waals surface area contributed by atoms with Gasteiger partial charge in [-0.1, -0.05) is 13.8 Å². The summed E-state index contributed by atoms with van der Waals surface area (Å²) in [5.41, 5.74) is 26.6. The number of nitrogens with two attached hydrogens (primary N) is 5. The summed E-state index contributed by atoms with van der Waals surface area (Å²) in [5.74, 6) is -5.69. The number of aliphatic carboxylic acids is 1. The normalized spacial score (nSPS) is 13.9. The molecular weight excluding hydrogens is 490 g/mol. The Bertz CT molecular complexity index is 859. The number of aliphatic imine (C=N–C) groups is 1. The number of nitrogens with zero attached hydrogens (tertiary/aromatic N) is 1. The highest BCUT2D eigenvalue weighted by atomic mass is 16.4. The minimum atomic E-state index is -1.38. The lowest BCUT2D eigenvalue weighted by molar-refractivity contribution is -0.142. The average Bonchev–Trinajstić information content (AvgIpc) is 2.79. The number of hydrogen-bond acceptors (Lipinski definition) is 8. The molecule has 0 aromatic carbocycles. The monoisotopic (exact) mass is 529 g/mol. The second-order valence-corrected chi connectivity index (χ2v) is 8.75. The van der Waals surface area contributed by atoms with Crippen molar-refractivity contribution in [2.45, 2.75) is 76.5 Å². The van der Waals surface area contributed by atoms with Gasteiger partial charge in [0.25, 0.3) is 0 Å². The van der Waals surface area contributed by atoms with E-state index in [9.17, 15) is 33.9 Å². The summed E-state index contributed by atoms with van der Waals surface area (Å²) in [7, 11) is 0. The van der Waals surface area contributed by atoms with Gasteiger partial charge in [0.2, 0.25) is 29.5 Å². The number of hydrogen-bond donors (Lipinski definition) is 9. The smallest absolute Gasteiger partial charge is 0.326 e. The molecule has 0 aromatic rings. The lowest BCUT2D eigenvalue weighted by atomic mass is 10.0. The second-order valence-electron chi connectivity index (χ2n) is 8.75. The van der Waals surface area contributed by atoms with Crippen LogP contribution in [-0.2, 0) is 28.8 Å². The maximum Gasteiger partial charge on any atom is 0.326 e. The van der Waals surface area contributed by atoms with Crippen molar-refractivity contribution in [3.05, 3.63) is 0 Å². The largest absolute Gasteiger partial charge is 0.480 e. The number of primary amides is 2. The van der Waals surface area contributed by atoms with Gasteiger partial charge in [0.05, 0.1) is 6.04 Å². The predicted octanol–water partition coefficient (Wildman–Crippen LogP) is -3.91. The third kappa shape index (κ3) is 14.3. The molecule has 0 fully saturated rings. The second kappa shape index (κ2) is 16.7. The molecule has 0 saturated heterocycles. The average molecular weight is 530 g/mol. The van der Waals surface area contributed by atoms with Crippen LogP contribution in [0.1, 0.15) is 52.4 Å². The van der Waals surface area contributed by atoms with Gasteiger partial charge in [-0.15, -0.1) is 0 Å². The van der Waals surface area contributed by atoms with E-state index in [0.717, 1.165) is 0 Å². The van der Waals surface area contributed by atoms with Gasteiger partial charge in [0.1, 0.15) is 18.1 Å². The summed E-state index contributed by atoms with van der Waals surface area (Å²) in [4.78, 5) is 76.1. The van der Waals surface area contributed by atoms with Crippen LogP contribution in [0.3, 0.4) is 0 Å². The Morgan fingerprint density at radius 1 is 0.730 bits per heavy atom. The maximum atomic E-state index is 13.0. The topological polar surface area (TPSA) is 301 Å². The Morgan fingerprint density at radius 3 is 1.54 bits per heavy atom. The molecule has 14 N–H and O–H groups in total. The van der Waals surface area contributed by atoms with Crippen LogP contribution in [-0.4, -0.2) is 77.3 Å². The summed E-state index contributed by atoms with van der Waals surface area (Å²) in [6, 6.07) is -4.97. The summed E-state index contributed by atoms with van der Waals surface area (Å²) >= 11 is 0. The van der Waals surface area contributed by atoms with E-state index in [1.807, 2.05) is 0 Å². The zero-order chi connectivity index (χ0) is 28.7. The van der Waals surface area contributed by atoms with E-state index in [0.29, 0.717) is 0 Å². The third-order valence-electron chi connectivity index (χ3n) is 5.21. The molecule has 5 amide bonds. The first-order valence-electron chi connectivity index (χ1n) is 11.7. The SMILES string of the molecule is CC(C)C(N)C(=O)NC(CCC(N)=O)C(=O)NC(CCC(N)=O)C(=O)NC(CCCN=C(N)N)C(=O)O. The van der Waals surface area contributed by atoms with Crippen LogP contribution in [0.2, 0.25) is 0 Å². The van der Waals surface area contributed by atoms with Gasteiger partial charge in [-0.25, -0.2) is 4.79 Å². The van der Waals surface area contributed by atoms with Gasteiger partial charge in [0.15, 0.2) is 5.96 Å². The van der Waals surface area contributed by atoms with Crippen LogP contribution in [0.4, 0.5) is 0 Å². The summed E-state index contributed by atoms with van der Waals surface area (Å²) in [5, 5.41) is 16.6. The third-order valence-corrected chi connectivity index (χ3v) is 5.21. The van der Waals surface area contributed by atoms with Gasteiger partial charge in [-0.3, -0.25) is 29.0 Å². The van der Waals surface area contributed by atoms with E-state index in [1.165, 1.54) is 0 Å². The fourth-order valence-corrected chi connectivity index (χ4v) is 2.99. The molecule has 0 aromatic heterocycles. The van der Waals surface area contributed by atoms with Crippen molar-refractivity contribution in [2.24, 2.45) is 39.6 Å². The molecule has 0 aliphatic heterocycles. The summed E-state index contributed by atoms with van der Waals surface area (Å²) < 4.78 is 0. The molecule has 4 atom stereocenters. The van der Waals surface area contributed by atoms with Gasteiger partial charge >= 0.3 is 5.97 Å². The standard InChI is InChI=1S/C21H39N9O7/c1-10(2)16(24)19(35)29-12(6-8-15(23)32)17(33)28-11(5-7-14(22)31)18(34)30-13(20(36)37)4-3-9-27-21(25)26/h10-13,16H,3-9,24H2,1-2H3,(H2,22,31)(H2,23,32)(H,28,33)(H,29,35)(H,30,34)(H,36,37)(H4,25,26,27). The van der Waals surface area contributed by atoms with Crippen molar-refractivity contribution in [1.82, 2.24) is 16.0 Å². The van der Waals surface area contributed by atoms with E-state index in [2.05, 4.69) is 20.9 Å².